The minimum absolute atomic E-state index is 0.644. The second-order valence-electron chi connectivity index (χ2n) is 3.11. The molecular weight excluding hydrogens is 196 g/mol. The van der Waals surface area contributed by atoms with Gasteiger partial charge in [-0.15, -0.1) is 5.10 Å². The second kappa shape index (κ2) is 4.65. The summed E-state index contributed by atoms with van der Waals surface area (Å²) in [5, 5.41) is 14.4. The van der Waals surface area contributed by atoms with Gasteiger partial charge < -0.3 is 9.84 Å². The molecule has 0 atom stereocenters. The zero-order chi connectivity index (χ0) is 10.5. The van der Waals surface area contributed by atoms with E-state index in [4.69, 9.17) is 4.52 Å². The van der Waals surface area contributed by atoms with Crippen LogP contribution in [-0.2, 0) is 20.0 Å². The number of nitrogens with zero attached hydrogens (tertiary/aromatic N) is 5. The highest BCUT2D eigenvalue weighted by atomic mass is 16.5. The van der Waals surface area contributed by atoms with E-state index in [0.717, 1.165) is 25.2 Å². The van der Waals surface area contributed by atoms with E-state index in [-0.39, 0.29) is 0 Å². The smallest absolute Gasteiger partial charge is 0.227 e. The van der Waals surface area contributed by atoms with Crippen LogP contribution in [0.25, 0.3) is 0 Å². The summed E-state index contributed by atoms with van der Waals surface area (Å²) >= 11 is 0. The second-order valence-corrected chi connectivity index (χ2v) is 3.11. The normalized spacial score (nSPS) is 10.7. The molecule has 0 fully saturated rings. The standard InChI is InChI=1S/C8H12N6O/c1-14-7(5-11-13-14)4-9-3-2-8-10-6-12-15-8/h5-6,9H,2-4H2,1H3. The van der Waals surface area contributed by atoms with Gasteiger partial charge in [-0.25, -0.2) is 0 Å². The third-order valence-electron chi connectivity index (χ3n) is 2.04. The van der Waals surface area contributed by atoms with E-state index in [1.54, 1.807) is 10.9 Å². The fourth-order valence-corrected chi connectivity index (χ4v) is 1.19. The van der Waals surface area contributed by atoms with E-state index in [2.05, 4.69) is 25.8 Å². The quantitative estimate of drug-likeness (QED) is 0.669. The van der Waals surface area contributed by atoms with Crippen molar-refractivity contribution in [3.05, 3.63) is 24.1 Å². The maximum absolute atomic E-state index is 4.86. The average molecular weight is 208 g/mol. The molecule has 2 aromatic rings. The van der Waals surface area contributed by atoms with E-state index >= 15 is 0 Å². The molecule has 2 rings (SSSR count). The van der Waals surface area contributed by atoms with E-state index in [0.29, 0.717) is 5.89 Å². The molecule has 0 aromatic carbocycles. The number of hydrogen-bond donors (Lipinski definition) is 1. The summed E-state index contributed by atoms with van der Waals surface area (Å²) in [5.74, 6) is 0.644. The highest BCUT2D eigenvalue weighted by Crippen LogP contribution is 1.94. The minimum Gasteiger partial charge on any atom is -0.340 e. The van der Waals surface area contributed by atoms with Gasteiger partial charge in [-0.1, -0.05) is 10.4 Å². The van der Waals surface area contributed by atoms with Crippen molar-refractivity contribution >= 4 is 0 Å². The van der Waals surface area contributed by atoms with Crippen molar-refractivity contribution in [1.29, 1.82) is 0 Å². The van der Waals surface area contributed by atoms with E-state index in [1.165, 1.54) is 6.33 Å². The molecule has 0 unspecified atom stereocenters. The lowest BCUT2D eigenvalue weighted by Crippen LogP contribution is -2.18. The SMILES string of the molecule is Cn1nncc1CNCCc1ncno1. The number of aromatic nitrogens is 5. The van der Waals surface area contributed by atoms with Crippen LogP contribution in [0, 0.1) is 0 Å². The lowest BCUT2D eigenvalue weighted by Gasteiger charge is -2.01. The maximum atomic E-state index is 4.86. The number of rotatable bonds is 5. The molecule has 0 saturated heterocycles. The Labute approximate surface area is 86.5 Å². The molecule has 0 radical (unpaired) electrons. The molecule has 0 aliphatic heterocycles. The Balaban J connectivity index is 1.70. The molecule has 0 aliphatic carbocycles. The summed E-state index contributed by atoms with van der Waals surface area (Å²) in [5.41, 5.74) is 1.04. The number of nitrogens with one attached hydrogen (secondary N) is 1. The van der Waals surface area contributed by atoms with Crippen LogP contribution in [0.4, 0.5) is 0 Å². The molecule has 0 amide bonds. The predicted octanol–water partition coefficient (Wildman–Crippen LogP) is -0.470. The van der Waals surface area contributed by atoms with Gasteiger partial charge in [-0.05, 0) is 0 Å². The first-order chi connectivity index (χ1) is 7.36. The summed E-state index contributed by atoms with van der Waals surface area (Å²) in [6, 6.07) is 0. The van der Waals surface area contributed by atoms with Crippen LogP contribution in [0.5, 0.6) is 0 Å². The lowest BCUT2D eigenvalue weighted by molar-refractivity contribution is 0.374. The topological polar surface area (TPSA) is 81.7 Å². The fraction of sp³-hybridized carbons (Fsp3) is 0.500. The maximum Gasteiger partial charge on any atom is 0.227 e. The summed E-state index contributed by atoms with van der Waals surface area (Å²) < 4.78 is 6.60. The van der Waals surface area contributed by atoms with Gasteiger partial charge in [0.15, 0.2) is 6.33 Å². The first-order valence-corrected chi connectivity index (χ1v) is 4.66. The van der Waals surface area contributed by atoms with Crippen molar-refractivity contribution in [3.8, 4) is 0 Å². The van der Waals surface area contributed by atoms with Gasteiger partial charge in [-0.2, -0.15) is 4.98 Å². The minimum atomic E-state index is 0.644. The van der Waals surface area contributed by atoms with Crippen LogP contribution in [0.15, 0.2) is 17.0 Å². The highest BCUT2D eigenvalue weighted by molar-refractivity contribution is 4.92. The molecular formula is C8H12N6O. The van der Waals surface area contributed by atoms with Crippen molar-refractivity contribution in [2.45, 2.75) is 13.0 Å². The van der Waals surface area contributed by atoms with Crippen LogP contribution in [0.3, 0.4) is 0 Å². The Morgan fingerprint density at radius 1 is 1.53 bits per heavy atom. The van der Waals surface area contributed by atoms with E-state index in [9.17, 15) is 0 Å². The molecule has 15 heavy (non-hydrogen) atoms. The molecule has 2 heterocycles. The predicted molar refractivity (Wildman–Crippen MR) is 50.7 cm³/mol. The Bertz CT molecular complexity index is 395. The third kappa shape index (κ3) is 2.59. The molecule has 0 bridgehead atoms. The van der Waals surface area contributed by atoms with E-state index < -0.39 is 0 Å². The number of aryl methyl sites for hydroxylation is 1. The molecule has 0 spiro atoms. The molecule has 0 aliphatic rings. The Kier molecular flexibility index (Phi) is 3.03. The zero-order valence-electron chi connectivity index (χ0n) is 8.42. The Hall–Kier alpha value is -1.76. The van der Waals surface area contributed by atoms with Crippen LogP contribution in [0.2, 0.25) is 0 Å². The molecule has 2 aromatic heterocycles. The Morgan fingerprint density at radius 3 is 3.13 bits per heavy atom. The van der Waals surface area contributed by atoms with Crippen molar-refractivity contribution in [2.24, 2.45) is 7.05 Å². The monoisotopic (exact) mass is 208 g/mol. The molecule has 1 N–H and O–H groups in total. The first kappa shape index (κ1) is 9.78. The molecule has 0 saturated carbocycles. The summed E-state index contributed by atoms with van der Waals surface area (Å²) in [4.78, 5) is 3.92. The van der Waals surface area contributed by atoms with E-state index in [1.807, 2.05) is 7.05 Å². The van der Waals surface area contributed by atoms with Crippen molar-refractivity contribution < 1.29 is 4.52 Å². The summed E-state index contributed by atoms with van der Waals surface area (Å²) in [7, 11) is 1.86. The zero-order valence-corrected chi connectivity index (χ0v) is 8.42. The van der Waals surface area contributed by atoms with Crippen LogP contribution >= 0.6 is 0 Å². The lowest BCUT2D eigenvalue weighted by atomic mass is 10.4. The molecule has 7 nitrogen and oxygen atoms in total. The summed E-state index contributed by atoms with van der Waals surface area (Å²) in [6.45, 7) is 1.52. The van der Waals surface area contributed by atoms with Crippen LogP contribution < -0.4 is 5.32 Å². The molecule has 7 heteroatoms. The Morgan fingerprint density at radius 2 is 2.47 bits per heavy atom. The van der Waals surface area contributed by atoms with Crippen molar-refractivity contribution in [2.75, 3.05) is 6.54 Å². The fourth-order valence-electron chi connectivity index (χ4n) is 1.19. The largest absolute Gasteiger partial charge is 0.340 e. The van der Waals surface area contributed by atoms with Crippen LogP contribution in [-0.4, -0.2) is 31.7 Å². The van der Waals surface area contributed by atoms with Crippen molar-refractivity contribution in [1.82, 2.24) is 30.5 Å². The first-order valence-electron chi connectivity index (χ1n) is 4.66. The van der Waals surface area contributed by atoms with Gasteiger partial charge in [0.05, 0.1) is 11.9 Å². The third-order valence-corrected chi connectivity index (χ3v) is 2.04. The average Bonchev–Trinajstić information content (AvgIpc) is 2.85. The summed E-state index contributed by atoms with van der Waals surface area (Å²) in [6.07, 6.45) is 3.87. The van der Waals surface area contributed by atoms with Gasteiger partial charge in [0, 0.05) is 26.6 Å². The van der Waals surface area contributed by atoms with Crippen LogP contribution in [0.1, 0.15) is 11.6 Å². The van der Waals surface area contributed by atoms with Gasteiger partial charge in [0.1, 0.15) is 0 Å². The highest BCUT2D eigenvalue weighted by Gasteiger charge is 2.00. The van der Waals surface area contributed by atoms with Gasteiger partial charge in [0.25, 0.3) is 0 Å². The molecule has 80 valence electrons. The van der Waals surface area contributed by atoms with Gasteiger partial charge in [-0.3, -0.25) is 4.68 Å². The van der Waals surface area contributed by atoms with Gasteiger partial charge in [0.2, 0.25) is 5.89 Å². The van der Waals surface area contributed by atoms with Gasteiger partial charge >= 0.3 is 0 Å². The number of hydrogen-bond acceptors (Lipinski definition) is 6. The van der Waals surface area contributed by atoms with Crippen molar-refractivity contribution in [3.63, 3.8) is 0 Å².